The van der Waals surface area contributed by atoms with E-state index in [1.165, 1.54) is 0 Å². The minimum atomic E-state index is -0.579. The number of nitrogens with one attached hydrogen (secondary N) is 1. The maximum atomic E-state index is 11.2. The lowest BCUT2D eigenvalue weighted by Crippen LogP contribution is -2.36. The minimum Gasteiger partial charge on any atom is -0.385 e. The molecule has 0 aromatic rings. The summed E-state index contributed by atoms with van der Waals surface area (Å²) in [5.41, 5.74) is 0. The molecule has 13 heavy (non-hydrogen) atoms. The first-order valence-corrected chi connectivity index (χ1v) is 4.30. The fourth-order valence-electron chi connectivity index (χ4n) is 0.793. The van der Waals surface area contributed by atoms with Gasteiger partial charge >= 0.3 is 0 Å². The molecule has 2 unspecified atom stereocenters. The van der Waals surface area contributed by atoms with Gasteiger partial charge in [0.25, 0.3) is 0 Å². The molecule has 0 aliphatic carbocycles. The predicted molar refractivity (Wildman–Crippen MR) is 48.9 cm³/mol. The molecule has 74 valence electrons. The Morgan fingerprint density at radius 2 is 2.23 bits per heavy atom. The quantitative estimate of drug-likeness (QED) is 0.683. The van der Waals surface area contributed by atoms with E-state index in [4.69, 9.17) is 10.00 Å². The van der Waals surface area contributed by atoms with Crippen LogP contribution >= 0.6 is 0 Å². The van der Waals surface area contributed by atoms with Gasteiger partial charge in [-0.05, 0) is 20.3 Å². The highest BCUT2D eigenvalue weighted by Crippen LogP contribution is 1.96. The van der Waals surface area contributed by atoms with Crippen molar-refractivity contribution in [1.82, 2.24) is 5.32 Å². The van der Waals surface area contributed by atoms with E-state index in [2.05, 4.69) is 5.32 Å². The number of carbonyl (C=O) groups excluding carboxylic acids is 1. The topological polar surface area (TPSA) is 62.1 Å². The molecule has 0 aliphatic rings. The second kappa shape index (κ2) is 6.44. The van der Waals surface area contributed by atoms with Crippen LogP contribution in [-0.4, -0.2) is 25.7 Å². The van der Waals surface area contributed by atoms with Crippen molar-refractivity contribution in [1.29, 1.82) is 5.26 Å². The van der Waals surface area contributed by atoms with Gasteiger partial charge in [0, 0.05) is 19.8 Å². The number of ether oxygens (including phenoxy) is 1. The molecule has 0 saturated carbocycles. The average molecular weight is 184 g/mol. The summed E-state index contributed by atoms with van der Waals surface area (Å²) >= 11 is 0. The monoisotopic (exact) mass is 184 g/mol. The molecule has 0 radical (unpaired) electrons. The largest absolute Gasteiger partial charge is 0.385 e. The van der Waals surface area contributed by atoms with E-state index in [-0.39, 0.29) is 11.9 Å². The SMILES string of the molecule is COCCC(C)NC(=O)C(C)C#N. The molecule has 4 nitrogen and oxygen atoms in total. The van der Waals surface area contributed by atoms with Crippen LogP contribution in [0.4, 0.5) is 0 Å². The van der Waals surface area contributed by atoms with Crippen molar-refractivity contribution < 1.29 is 9.53 Å². The molecule has 0 aromatic heterocycles. The van der Waals surface area contributed by atoms with Crippen molar-refractivity contribution in [3.05, 3.63) is 0 Å². The summed E-state index contributed by atoms with van der Waals surface area (Å²) in [7, 11) is 1.62. The highest BCUT2D eigenvalue weighted by atomic mass is 16.5. The third-order valence-corrected chi connectivity index (χ3v) is 1.73. The first-order chi connectivity index (χ1) is 6.11. The zero-order chi connectivity index (χ0) is 10.3. The molecule has 0 heterocycles. The first-order valence-electron chi connectivity index (χ1n) is 4.30. The summed E-state index contributed by atoms with van der Waals surface area (Å²) in [5.74, 6) is -0.795. The Kier molecular flexibility index (Phi) is 5.90. The Bertz CT molecular complexity index is 198. The van der Waals surface area contributed by atoms with Gasteiger partial charge in [-0.25, -0.2) is 0 Å². The van der Waals surface area contributed by atoms with Crippen LogP contribution in [0.25, 0.3) is 0 Å². The molecule has 0 aliphatic heterocycles. The van der Waals surface area contributed by atoms with E-state index in [0.717, 1.165) is 6.42 Å². The molecule has 0 spiro atoms. The number of nitrogens with zero attached hydrogens (tertiary/aromatic N) is 1. The van der Waals surface area contributed by atoms with E-state index in [9.17, 15) is 4.79 Å². The standard InChI is InChI=1S/C9H16N2O2/c1-7(6-10)9(12)11-8(2)4-5-13-3/h7-8H,4-5H2,1-3H3,(H,11,12). The molecule has 1 N–H and O–H groups in total. The average Bonchev–Trinajstić information content (AvgIpc) is 2.13. The summed E-state index contributed by atoms with van der Waals surface area (Å²) in [6, 6.07) is 1.94. The van der Waals surface area contributed by atoms with Crippen LogP contribution < -0.4 is 5.32 Å². The van der Waals surface area contributed by atoms with Crippen LogP contribution in [0.2, 0.25) is 0 Å². The maximum Gasteiger partial charge on any atom is 0.237 e. The number of nitriles is 1. The molecule has 0 saturated heterocycles. The molecular weight excluding hydrogens is 168 g/mol. The lowest BCUT2D eigenvalue weighted by Gasteiger charge is -2.13. The fourth-order valence-corrected chi connectivity index (χ4v) is 0.793. The van der Waals surface area contributed by atoms with Gasteiger partial charge in [0.15, 0.2) is 0 Å². The highest BCUT2D eigenvalue weighted by molar-refractivity contribution is 5.80. The lowest BCUT2D eigenvalue weighted by molar-refractivity contribution is -0.123. The highest BCUT2D eigenvalue weighted by Gasteiger charge is 2.13. The summed E-state index contributed by atoms with van der Waals surface area (Å²) in [4.78, 5) is 11.2. The van der Waals surface area contributed by atoms with Gasteiger partial charge in [0.2, 0.25) is 5.91 Å². The maximum absolute atomic E-state index is 11.2. The van der Waals surface area contributed by atoms with Gasteiger partial charge in [-0.3, -0.25) is 4.79 Å². The second-order valence-corrected chi connectivity index (χ2v) is 3.04. The third kappa shape index (κ3) is 5.21. The van der Waals surface area contributed by atoms with Crippen LogP contribution in [-0.2, 0) is 9.53 Å². The van der Waals surface area contributed by atoms with Gasteiger partial charge in [-0.1, -0.05) is 0 Å². The molecule has 0 bridgehead atoms. The van der Waals surface area contributed by atoms with Gasteiger partial charge in [0.05, 0.1) is 6.07 Å². The van der Waals surface area contributed by atoms with Crippen LogP contribution in [0.1, 0.15) is 20.3 Å². The predicted octanol–water partition coefficient (Wildman–Crippen LogP) is 0.687. The van der Waals surface area contributed by atoms with Crippen molar-refractivity contribution in [2.45, 2.75) is 26.3 Å². The number of rotatable bonds is 5. The van der Waals surface area contributed by atoms with E-state index >= 15 is 0 Å². The molecule has 0 aromatic carbocycles. The van der Waals surface area contributed by atoms with Crippen molar-refractivity contribution in [3.8, 4) is 6.07 Å². The van der Waals surface area contributed by atoms with Crippen LogP contribution in [0.3, 0.4) is 0 Å². The Balaban J connectivity index is 3.72. The third-order valence-electron chi connectivity index (χ3n) is 1.73. The van der Waals surface area contributed by atoms with Crippen LogP contribution in [0.15, 0.2) is 0 Å². The van der Waals surface area contributed by atoms with Crippen molar-refractivity contribution in [2.75, 3.05) is 13.7 Å². The van der Waals surface area contributed by atoms with Gasteiger partial charge < -0.3 is 10.1 Å². The Morgan fingerprint density at radius 3 is 2.69 bits per heavy atom. The van der Waals surface area contributed by atoms with Crippen molar-refractivity contribution >= 4 is 5.91 Å². The molecule has 2 atom stereocenters. The number of hydrogen-bond donors (Lipinski definition) is 1. The summed E-state index contributed by atoms with van der Waals surface area (Å²) in [6.07, 6.45) is 0.764. The zero-order valence-electron chi connectivity index (χ0n) is 8.33. The smallest absolute Gasteiger partial charge is 0.237 e. The van der Waals surface area contributed by atoms with Crippen molar-refractivity contribution in [2.24, 2.45) is 5.92 Å². The van der Waals surface area contributed by atoms with E-state index in [0.29, 0.717) is 6.61 Å². The summed E-state index contributed by atoms with van der Waals surface area (Å²) in [6.45, 7) is 4.09. The van der Waals surface area contributed by atoms with Crippen molar-refractivity contribution in [3.63, 3.8) is 0 Å². The Morgan fingerprint density at radius 1 is 1.62 bits per heavy atom. The normalized spacial score (nSPS) is 14.3. The molecular formula is C9H16N2O2. The molecule has 1 amide bonds. The minimum absolute atomic E-state index is 0.0586. The van der Waals surface area contributed by atoms with E-state index < -0.39 is 5.92 Å². The number of amides is 1. The summed E-state index contributed by atoms with van der Waals surface area (Å²) in [5, 5.41) is 11.2. The second-order valence-electron chi connectivity index (χ2n) is 3.04. The molecule has 4 heteroatoms. The number of hydrogen-bond acceptors (Lipinski definition) is 3. The van der Waals surface area contributed by atoms with Crippen LogP contribution in [0.5, 0.6) is 0 Å². The fraction of sp³-hybridized carbons (Fsp3) is 0.778. The summed E-state index contributed by atoms with van der Waals surface area (Å²) < 4.78 is 4.86. The van der Waals surface area contributed by atoms with Gasteiger partial charge in [-0.2, -0.15) is 5.26 Å². The lowest BCUT2D eigenvalue weighted by atomic mass is 10.1. The zero-order valence-corrected chi connectivity index (χ0v) is 8.33. The Hall–Kier alpha value is -1.08. The van der Waals surface area contributed by atoms with E-state index in [1.807, 2.05) is 13.0 Å². The molecule has 0 rings (SSSR count). The van der Waals surface area contributed by atoms with E-state index in [1.54, 1.807) is 14.0 Å². The number of carbonyl (C=O) groups is 1. The van der Waals surface area contributed by atoms with Gasteiger partial charge in [-0.15, -0.1) is 0 Å². The first kappa shape index (κ1) is 11.9. The molecule has 0 fully saturated rings. The number of methoxy groups -OCH3 is 1. The Labute approximate surface area is 78.9 Å². The van der Waals surface area contributed by atoms with Crippen LogP contribution in [0, 0.1) is 17.2 Å². The van der Waals surface area contributed by atoms with Gasteiger partial charge in [0.1, 0.15) is 5.92 Å².